The van der Waals surface area contributed by atoms with E-state index in [2.05, 4.69) is 5.32 Å². The number of ether oxygens (including phenoxy) is 2. The van der Waals surface area contributed by atoms with Crippen LogP contribution in [0.25, 0.3) is 0 Å². The number of alkyl carbamates (subject to hydrolysis) is 1. The molecule has 3 atom stereocenters. The van der Waals surface area contributed by atoms with Gasteiger partial charge in [0, 0.05) is 6.42 Å². The maximum absolute atomic E-state index is 12.3. The summed E-state index contributed by atoms with van der Waals surface area (Å²) in [6.07, 6.45) is 6.24. The lowest BCUT2D eigenvalue weighted by Gasteiger charge is -2.31. The van der Waals surface area contributed by atoms with Crippen LogP contribution in [-0.2, 0) is 14.3 Å². The Bertz CT molecular complexity index is 499. The first kappa shape index (κ1) is 21.0. The SMILES string of the molecule is CC(C)(C)OC(=O)N[C@@H](CC1CCCCC1)[C@H]1C[C@H](C(C)(C)O)C(=O)O1. The average molecular weight is 370 g/mol. The molecule has 0 unspecified atom stereocenters. The van der Waals surface area contributed by atoms with Crippen molar-refractivity contribution in [3.05, 3.63) is 0 Å². The molecule has 0 radical (unpaired) electrons. The summed E-state index contributed by atoms with van der Waals surface area (Å²) in [5.41, 5.74) is -1.71. The average Bonchev–Trinajstić information content (AvgIpc) is 2.88. The molecule has 6 heteroatoms. The Morgan fingerprint density at radius 2 is 1.85 bits per heavy atom. The van der Waals surface area contributed by atoms with Crippen LogP contribution >= 0.6 is 0 Å². The molecular weight excluding hydrogens is 334 g/mol. The van der Waals surface area contributed by atoms with Crippen LogP contribution < -0.4 is 5.32 Å². The molecule has 0 spiro atoms. The minimum atomic E-state index is -1.13. The third kappa shape index (κ3) is 6.15. The van der Waals surface area contributed by atoms with Crippen molar-refractivity contribution in [3.63, 3.8) is 0 Å². The zero-order valence-electron chi connectivity index (χ0n) is 16.8. The second-order valence-electron chi connectivity index (χ2n) is 9.41. The Labute approximate surface area is 157 Å². The van der Waals surface area contributed by atoms with Crippen LogP contribution in [0.15, 0.2) is 0 Å². The van der Waals surface area contributed by atoms with E-state index in [-0.39, 0.29) is 12.0 Å². The van der Waals surface area contributed by atoms with Gasteiger partial charge in [0.25, 0.3) is 0 Å². The highest BCUT2D eigenvalue weighted by atomic mass is 16.6. The largest absolute Gasteiger partial charge is 0.460 e. The summed E-state index contributed by atoms with van der Waals surface area (Å²) >= 11 is 0. The van der Waals surface area contributed by atoms with Crippen molar-refractivity contribution in [1.82, 2.24) is 5.32 Å². The zero-order chi connectivity index (χ0) is 19.5. The van der Waals surface area contributed by atoms with E-state index in [4.69, 9.17) is 9.47 Å². The number of rotatable bonds is 5. The molecule has 1 aliphatic carbocycles. The summed E-state index contributed by atoms with van der Waals surface area (Å²) in [5.74, 6) is -0.437. The number of aliphatic hydroxyl groups is 1. The minimum Gasteiger partial charge on any atom is -0.460 e. The first-order valence-electron chi connectivity index (χ1n) is 9.88. The second-order valence-corrected chi connectivity index (χ2v) is 9.41. The number of nitrogens with one attached hydrogen (secondary N) is 1. The van der Waals surface area contributed by atoms with Crippen LogP contribution in [-0.4, -0.2) is 40.5 Å². The first-order valence-corrected chi connectivity index (χ1v) is 9.88. The predicted molar refractivity (Wildman–Crippen MR) is 98.6 cm³/mol. The van der Waals surface area contributed by atoms with Gasteiger partial charge in [0.2, 0.25) is 0 Å². The fraction of sp³-hybridized carbons (Fsp3) is 0.900. The Morgan fingerprint density at radius 1 is 1.23 bits per heavy atom. The normalized spacial score (nSPS) is 26.3. The number of hydrogen-bond donors (Lipinski definition) is 2. The molecule has 2 aliphatic rings. The lowest BCUT2D eigenvalue weighted by molar-refractivity contribution is -0.150. The van der Waals surface area contributed by atoms with Gasteiger partial charge in [-0.1, -0.05) is 32.1 Å². The van der Waals surface area contributed by atoms with Gasteiger partial charge in [0.1, 0.15) is 11.7 Å². The molecule has 0 aromatic carbocycles. The molecule has 26 heavy (non-hydrogen) atoms. The highest BCUT2D eigenvalue weighted by Gasteiger charge is 2.46. The van der Waals surface area contributed by atoms with Crippen molar-refractivity contribution >= 4 is 12.1 Å². The molecule has 0 bridgehead atoms. The van der Waals surface area contributed by atoms with Crippen LogP contribution in [0.2, 0.25) is 0 Å². The standard InChI is InChI=1S/C20H35NO5/c1-19(2,3)26-18(23)21-15(11-13-9-7-6-8-10-13)16-12-14(17(22)25-16)20(4,5)24/h13-16,24H,6-12H2,1-5H3,(H,21,23)/t14-,15-,16+/m0/s1. The van der Waals surface area contributed by atoms with Crippen LogP contribution in [0, 0.1) is 11.8 Å². The van der Waals surface area contributed by atoms with Gasteiger partial charge in [-0.15, -0.1) is 0 Å². The van der Waals surface area contributed by atoms with Gasteiger partial charge in [-0.25, -0.2) is 4.79 Å². The summed E-state index contributed by atoms with van der Waals surface area (Å²) < 4.78 is 11.0. The molecule has 2 N–H and O–H groups in total. The van der Waals surface area contributed by atoms with E-state index in [1.54, 1.807) is 13.8 Å². The van der Waals surface area contributed by atoms with Crippen molar-refractivity contribution in [3.8, 4) is 0 Å². The number of carbonyl (C=O) groups is 2. The summed E-state index contributed by atoms with van der Waals surface area (Å²) in [4.78, 5) is 24.5. The highest BCUT2D eigenvalue weighted by molar-refractivity contribution is 5.76. The third-order valence-corrected chi connectivity index (χ3v) is 5.34. The summed E-state index contributed by atoms with van der Waals surface area (Å²) in [5, 5.41) is 13.2. The lowest BCUT2D eigenvalue weighted by Crippen LogP contribution is -2.46. The van der Waals surface area contributed by atoms with Crippen LogP contribution in [0.4, 0.5) is 4.79 Å². The summed E-state index contributed by atoms with van der Waals surface area (Å²) in [6, 6.07) is -0.288. The van der Waals surface area contributed by atoms with E-state index in [0.29, 0.717) is 12.3 Å². The van der Waals surface area contributed by atoms with Gasteiger partial charge >= 0.3 is 12.1 Å². The number of amides is 1. The van der Waals surface area contributed by atoms with Gasteiger partial charge in [-0.3, -0.25) is 4.79 Å². The topological polar surface area (TPSA) is 84.9 Å². The molecule has 1 saturated heterocycles. The number of hydrogen-bond acceptors (Lipinski definition) is 5. The zero-order valence-corrected chi connectivity index (χ0v) is 16.8. The van der Waals surface area contributed by atoms with E-state index in [1.165, 1.54) is 19.3 Å². The van der Waals surface area contributed by atoms with Crippen molar-refractivity contribution in [1.29, 1.82) is 0 Å². The van der Waals surface area contributed by atoms with E-state index >= 15 is 0 Å². The van der Waals surface area contributed by atoms with Gasteiger partial charge < -0.3 is 19.9 Å². The molecule has 0 aromatic rings. The number of carbonyl (C=O) groups excluding carboxylic acids is 2. The quantitative estimate of drug-likeness (QED) is 0.724. The summed E-state index contributed by atoms with van der Waals surface area (Å²) in [6.45, 7) is 8.71. The van der Waals surface area contributed by atoms with Crippen LogP contribution in [0.5, 0.6) is 0 Å². The van der Waals surface area contributed by atoms with Crippen molar-refractivity contribution in [2.45, 2.75) is 103 Å². The first-order chi connectivity index (χ1) is 12.0. The molecule has 1 aliphatic heterocycles. The highest BCUT2D eigenvalue weighted by Crippen LogP contribution is 2.35. The van der Waals surface area contributed by atoms with Gasteiger partial charge in [0.15, 0.2) is 0 Å². The van der Waals surface area contributed by atoms with Gasteiger partial charge in [-0.05, 0) is 47.0 Å². The molecule has 1 saturated carbocycles. The predicted octanol–water partition coefficient (Wildman–Crippen LogP) is 3.55. The van der Waals surface area contributed by atoms with E-state index in [0.717, 1.165) is 19.3 Å². The van der Waals surface area contributed by atoms with Crippen molar-refractivity contribution in [2.24, 2.45) is 11.8 Å². The Morgan fingerprint density at radius 3 is 2.35 bits per heavy atom. The molecule has 1 amide bonds. The van der Waals surface area contributed by atoms with Crippen molar-refractivity contribution < 1.29 is 24.2 Å². The second kappa shape index (κ2) is 8.15. The smallest absolute Gasteiger partial charge is 0.408 e. The number of cyclic esters (lactones) is 1. The van der Waals surface area contributed by atoms with Crippen LogP contribution in [0.1, 0.15) is 79.6 Å². The minimum absolute atomic E-state index is 0.288. The molecule has 0 aromatic heterocycles. The fourth-order valence-electron chi connectivity index (χ4n) is 3.98. The molecule has 6 nitrogen and oxygen atoms in total. The summed E-state index contributed by atoms with van der Waals surface area (Å²) in [7, 11) is 0. The Kier molecular flexibility index (Phi) is 6.59. The number of esters is 1. The van der Waals surface area contributed by atoms with Gasteiger partial charge in [0.05, 0.1) is 17.6 Å². The van der Waals surface area contributed by atoms with E-state index < -0.39 is 29.3 Å². The fourth-order valence-corrected chi connectivity index (χ4v) is 3.98. The lowest BCUT2D eigenvalue weighted by atomic mass is 9.81. The maximum atomic E-state index is 12.3. The molecule has 2 fully saturated rings. The van der Waals surface area contributed by atoms with E-state index in [9.17, 15) is 14.7 Å². The van der Waals surface area contributed by atoms with Gasteiger partial charge in [-0.2, -0.15) is 0 Å². The Balaban J connectivity index is 2.07. The Hall–Kier alpha value is -1.30. The maximum Gasteiger partial charge on any atom is 0.408 e. The molecular formula is C20H35NO5. The van der Waals surface area contributed by atoms with Crippen LogP contribution in [0.3, 0.4) is 0 Å². The monoisotopic (exact) mass is 369 g/mol. The third-order valence-electron chi connectivity index (χ3n) is 5.34. The molecule has 150 valence electrons. The molecule has 1 heterocycles. The van der Waals surface area contributed by atoms with Crippen molar-refractivity contribution in [2.75, 3.05) is 0 Å². The molecule has 2 rings (SSSR count). The van der Waals surface area contributed by atoms with E-state index in [1.807, 2.05) is 20.8 Å².